The molecule has 5 N–H and O–H groups in total. The first kappa shape index (κ1) is 21.1. The molecule has 1 amide bonds. The molecule has 0 bridgehead atoms. The van der Waals surface area contributed by atoms with Crippen molar-refractivity contribution in [3.8, 4) is 28.7 Å². The highest BCUT2D eigenvalue weighted by Crippen LogP contribution is 2.32. The molecule has 0 aliphatic rings. The van der Waals surface area contributed by atoms with Crippen molar-refractivity contribution in [1.82, 2.24) is 19.9 Å². The molecule has 30 heavy (non-hydrogen) atoms. The van der Waals surface area contributed by atoms with Crippen molar-refractivity contribution >= 4 is 5.91 Å². The molecule has 154 valence electrons. The monoisotopic (exact) mass is 405 g/mol. The maximum absolute atomic E-state index is 11.7. The SMILES string of the molecule is CC(C)(C)OC(N)(CC(N)=O)c1ncc(-c2ncc[nH]2)c(-c2ccc(C#N)cc2)n1. The van der Waals surface area contributed by atoms with E-state index >= 15 is 0 Å². The maximum atomic E-state index is 11.7. The third-order valence-corrected chi connectivity index (χ3v) is 4.13. The Balaban J connectivity index is 2.19. The summed E-state index contributed by atoms with van der Waals surface area (Å²) in [5.41, 5.74) is 12.0. The molecule has 0 fully saturated rings. The minimum Gasteiger partial charge on any atom is -0.370 e. The van der Waals surface area contributed by atoms with Crippen LogP contribution in [0.25, 0.3) is 22.6 Å². The van der Waals surface area contributed by atoms with Gasteiger partial charge in [-0.25, -0.2) is 15.0 Å². The third kappa shape index (κ3) is 4.68. The van der Waals surface area contributed by atoms with Gasteiger partial charge in [0.15, 0.2) is 11.5 Å². The van der Waals surface area contributed by atoms with E-state index in [0.717, 1.165) is 5.56 Å². The molecule has 3 aromatic rings. The molecule has 0 saturated carbocycles. The highest BCUT2D eigenvalue weighted by molar-refractivity contribution is 5.78. The van der Waals surface area contributed by atoms with Crippen LogP contribution in [0.15, 0.2) is 42.9 Å². The molecule has 1 atom stereocenters. The zero-order chi connectivity index (χ0) is 21.9. The Morgan fingerprint density at radius 2 is 1.93 bits per heavy atom. The van der Waals surface area contributed by atoms with Gasteiger partial charge >= 0.3 is 0 Å². The highest BCUT2D eigenvalue weighted by Gasteiger charge is 2.38. The number of hydrogen-bond donors (Lipinski definition) is 3. The van der Waals surface area contributed by atoms with Crippen LogP contribution in [0, 0.1) is 11.3 Å². The lowest BCUT2D eigenvalue weighted by atomic mass is 10.0. The Bertz CT molecular complexity index is 1080. The Hall–Kier alpha value is -3.61. The van der Waals surface area contributed by atoms with Gasteiger partial charge in [0.05, 0.1) is 34.9 Å². The van der Waals surface area contributed by atoms with Crippen molar-refractivity contribution in [1.29, 1.82) is 5.26 Å². The fraction of sp³-hybridized carbons (Fsp3) is 0.286. The largest absolute Gasteiger partial charge is 0.370 e. The Labute approximate surface area is 174 Å². The molecule has 1 unspecified atom stereocenters. The summed E-state index contributed by atoms with van der Waals surface area (Å²) in [6.07, 6.45) is 4.59. The summed E-state index contributed by atoms with van der Waals surface area (Å²) >= 11 is 0. The number of ether oxygens (including phenoxy) is 1. The zero-order valence-corrected chi connectivity index (χ0v) is 17.0. The minimum absolute atomic E-state index is 0.117. The van der Waals surface area contributed by atoms with Gasteiger partial charge in [0.1, 0.15) is 5.82 Å². The van der Waals surface area contributed by atoms with Crippen LogP contribution in [-0.2, 0) is 15.3 Å². The molecule has 0 saturated heterocycles. The second-order valence-electron chi connectivity index (χ2n) is 7.83. The lowest BCUT2D eigenvalue weighted by molar-refractivity contribution is -0.153. The van der Waals surface area contributed by atoms with Gasteiger partial charge in [0.25, 0.3) is 0 Å². The average molecular weight is 405 g/mol. The Kier molecular flexibility index (Phi) is 5.64. The number of imidazole rings is 1. The first-order chi connectivity index (χ1) is 14.1. The fourth-order valence-corrected chi connectivity index (χ4v) is 3.06. The number of hydrogen-bond acceptors (Lipinski definition) is 7. The molecule has 2 aromatic heterocycles. The van der Waals surface area contributed by atoms with Crippen LogP contribution in [0.2, 0.25) is 0 Å². The zero-order valence-electron chi connectivity index (χ0n) is 17.0. The van der Waals surface area contributed by atoms with E-state index < -0.39 is 17.2 Å². The van der Waals surface area contributed by atoms with Crippen LogP contribution in [0.3, 0.4) is 0 Å². The van der Waals surface area contributed by atoms with Crippen LogP contribution in [0.1, 0.15) is 38.6 Å². The summed E-state index contributed by atoms with van der Waals surface area (Å²) in [5, 5.41) is 9.08. The maximum Gasteiger partial charge on any atom is 0.222 e. The van der Waals surface area contributed by atoms with Gasteiger partial charge in [-0.05, 0) is 32.9 Å². The van der Waals surface area contributed by atoms with E-state index in [0.29, 0.717) is 22.6 Å². The second kappa shape index (κ2) is 8.02. The molecule has 9 heteroatoms. The van der Waals surface area contributed by atoms with Gasteiger partial charge in [-0.3, -0.25) is 10.5 Å². The van der Waals surface area contributed by atoms with Crippen molar-refractivity contribution in [2.45, 2.75) is 38.5 Å². The number of H-pyrrole nitrogens is 1. The van der Waals surface area contributed by atoms with Gasteiger partial charge in [-0.2, -0.15) is 5.26 Å². The highest BCUT2D eigenvalue weighted by atomic mass is 16.5. The number of benzene rings is 1. The number of nitriles is 1. The number of carbonyl (C=O) groups excluding carboxylic acids is 1. The molecule has 0 aliphatic heterocycles. The smallest absolute Gasteiger partial charge is 0.222 e. The number of nitrogens with zero attached hydrogens (tertiary/aromatic N) is 4. The molecule has 3 rings (SSSR count). The molecule has 1 aromatic carbocycles. The first-order valence-electron chi connectivity index (χ1n) is 9.26. The van der Waals surface area contributed by atoms with Crippen molar-refractivity contribution in [3.05, 3.63) is 54.2 Å². The van der Waals surface area contributed by atoms with Crippen LogP contribution in [-0.4, -0.2) is 31.4 Å². The van der Waals surface area contributed by atoms with Crippen molar-refractivity contribution in [2.75, 3.05) is 0 Å². The molecule has 0 radical (unpaired) electrons. The molecule has 2 heterocycles. The normalized spacial score (nSPS) is 13.4. The quantitative estimate of drug-likeness (QED) is 0.531. The van der Waals surface area contributed by atoms with Crippen LogP contribution < -0.4 is 11.5 Å². The fourth-order valence-electron chi connectivity index (χ4n) is 3.06. The Morgan fingerprint density at radius 1 is 1.23 bits per heavy atom. The van der Waals surface area contributed by atoms with Crippen molar-refractivity contribution in [2.24, 2.45) is 11.5 Å². The third-order valence-electron chi connectivity index (χ3n) is 4.13. The molecule has 0 spiro atoms. The van der Waals surface area contributed by atoms with E-state index in [9.17, 15) is 4.79 Å². The number of aromatic amines is 1. The number of carbonyl (C=O) groups is 1. The number of aromatic nitrogens is 4. The van der Waals surface area contributed by atoms with Gasteiger partial charge in [-0.15, -0.1) is 0 Å². The predicted octanol–water partition coefficient (Wildman–Crippen LogP) is 2.21. The second-order valence-corrected chi connectivity index (χ2v) is 7.83. The lowest BCUT2D eigenvalue weighted by Crippen LogP contribution is -2.49. The van der Waals surface area contributed by atoms with Gasteiger partial charge < -0.3 is 15.5 Å². The lowest BCUT2D eigenvalue weighted by Gasteiger charge is -2.34. The summed E-state index contributed by atoms with van der Waals surface area (Å²) in [6.45, 7) is 5.44. The molecular formula is C21H23N7O2. The number of nitrogens with two attached hydrogens (primary N) is 2. The van der Waals surface area contributed by atoms with Crippen LogP contribution in [0.4, 0.5) is 0 Å². The van der Waals surface area contributed by atoms with Crippen LogP contribution in [0.5, 0.6) is 0 Å². The average Bonchev–Trinajstić information content (AvgIpc) is 3.20. The molecule has 0 aliphatic carbocycles. The summed E-state index contributed by atoms with van der Waals surface area (Å²) in [6, 6.07) is 9.01. The van der Waals surface area contributed by atoms with Gasteiger partial charge in [-0.1, -0.05) is 12.1 Å². The predicted molar refractivity (Wildman–Crippen MR) is 110 cm³/mol. The van der Waals surface area contributed by atoms with Crippen molar-refractivity contribution in [3.63, 3.8) is 0 Å². The molecule has 9 nitrogen and oxygen atoms in total. The van der Waals surface area contributed by atoms with E-state index in [4.69, 9.17) is 21.5 Å². The Morgan fingerprint density at radius 3 is 2.47 bits per heavy atom. The van der Waals surface area contributed by atoms with E-state index in [1.807, 2.05) is 20.8 Å². The van der Waals surface area contributed by atoms with E-state index in [2.05, 4.69) is 26.0 Å². The van der Waals surface area contributed by atoms with Gasteiger partial charge in [0, 0.05) is 24.2 Å². The summed E-state index contributed by atoms with van der Waals surface area (Å²) in [7, 11) is 0. The van der Waals surface area contributed by atoms with E-state index in [1.165, 1.54) is 0 Å². The van der Waals surface area contributed by atoms with E-state index in [-0.39, 0.29) is 12.2 Å². The van der Waals surface area contributed by atoms with Crippen molar-refractivity contribution < 1.29 is 9.53 Å². The summed E-state index contributed by atoms with van der Waals surface area (Å²) < 4.78 is 5.97. The van der Waals surface area contributed by atoms with E-state index in [1.54, 1.807) is 42.9 Å². The minimum atomic E-state index is -1.62. The van der Waals surface area contributed by atoms with Crippen LogP contribution >= 0.6 is 0 Å². The van der Waals surface area contributed by atoms with Gasteiger partial charge in [0.2, 0.25) is 5.91 Å². The standard InChI is InChI=1S/C21H23N7O2/c1-20(2,3)30-21(24,10-16(23)29)19-27-12-15(18-25-8-9-26-18)17(28-19)14-6-4-13(11-22)5-7-14/h4-9,12H,10,24H2,1-3H3,(H2,23,29)(H,25,26). The first-order valence-corrected chi connectivity index (χ1v) is 9.26. The topological polar surface area (TPSA) is 157 Å². The summed E-state index contributed by atoms with van der Waals surface area (Å²) in [4.78, 5) is 28.1. The molecular weight excluding hydrogens is 382 g/mol. The number of primary amides is 1. The number of amides is 1. The number of rotatable bonds is 6. The summed E-state index contributed by atoms with van der Waals surface area (Å²) in [5.74, 6) is 0.0430. The number of nitrogens with one attached hydrogen (secondary N) is 1.